The number of nitriles is 1. The first-order valence-corrected chi connectivity index (χ1v) is 7.28. The van der Waals surface area contributed by atoms with Crippen molar-refractivity contribution in [3.8, 4) is 6.07 Å². The summed E-state index contributed by atoms with van der Waals surface area (Å²) in [6.45, 7) is 3.83. The molecule has 1 fully saturated rings. The second-order valence-electron chi connectivity index (χ2n) is 5.21. The molecule has 15 heavy (non-hydrogen) atoms. The summed E-state index contributed by atoms with van der Waals surface area (Å²) in [5.74, 6) is 2.24. The van der Waals surface area contributed by atoms with Crippen LogP contribution in [0, 0.1) is 22.7 Å². The van der Waals surface area contributed by atoms with Crippen LogP contribution in [-0.4, -0.2) is 15.7 Å². The largest absolute Gasteiger partial charge is 0.260 e. The van der Waals surface area contributed by atoms with Gasteiger partial charge in [0.1, 0.15) is 0 Å². The fraction of sp³-hybridized carbons (Fsp3) is 0.917. The summed E-state index contributed by atoms with van der Waals surface area (Å²) < 4.78 is 11.8. The van der Waals surface area contributed by atoms with Gasteiger partial charge in [-0.1, -0.05) is 12.8 Å². The lowest BCUT2D eigenvalue weighted by Gasteiger charge is -2.15. The van der Waals surface area contributed by atoms with E-state index in [9.17, 15) is 4.21 Å². The molecule has 0 spiro atoms. The van der Waals surface area contributed by atoms with Crippen molar-refractivity contribution in [1.29, 1.82) is 5.26 Å². The van der Waals surface area contributed by atoms with Crippen LogP contribution in [0.1, 0.15) is 46.0 Å². The van der Waals surface area contributed by atoms with Crippen molar-refractivity contribution >= 4 is 10.8 Å². The van der Waals surface area contributed by atoms with Crippen molar-refractivity contribution in [3.63, 3.8) is 0 Å². The van der Waals surface area contributed by atoms with E-state index in [1.54, 1.807) is 0 Å². The highest BCUT2D eigenvalue weighted by Crippen LogP contribution is 2.26. The van der Waals surface area contributed by atoms with E-state index in [-0.39, 0.29) is 5.41 Å². The summed E-state index contributed by atoms with van der Waals surface area (Å²) in [6, 6.07) is 2.26. The Kier molecular flexibility index (Phi) is 4.79. The molecule has 0 heterocycles. The van der Waals surface area contributed by atoms with E-state index in [2.05, 4.69) is 6.07 Å². The van der Waals surface area contributed by atoms with E-state index in [0.717, 1.165) is 12.2 Å². The fourth-order valence-corrected chi connectivity index (χ4v) is 3.71. The first-order valence-electron chi connectivity index (χ1n) is 5.80. The molecule has 1 rings (SSSR count). The third kappa shape index (κ3) is 4.79. The molecule has 0 aromatic carbocycles. The Morgan fingerprint density at radius 3 is 2.53 bits per heavy atom. The fourth-order valence-electron chi connectivity index (χ4n) is 1.95. The SMILES string of the molecule is CC(C)(C#N)CCS(=O)CC1CCCC1. The minimum atomic E-state index is -0.709. The maximum absolute atomic E-state index is 11.8. The second-order valence-corrected chi connectivity index (χ2v) is 6.83. The third-order valence-corrected chi connectivity index (χ3v) is 4.66. The molecule has 0 radical (unpaired) electrons. The van der Waals surface area contributed by atoms with E-state index < -0.39 is 10.8 Å². The molecule has 0 N–H and O–H groups in total. The number of nitrogens with zero attached hydrogens (tertiary/aromatic N) is 1. The van der Waals surface area contributed by atoms with Gasteiger partial charge in [0, 0.05) is 22.3 Å². The van der Waals surface area contributed by atoms with Crippen molar-refractivity contribution in [2.75, 3.05) is 11.5 Å². The Bertz CT molecular complexity index is 261. The van der Waals surface area contributed by atoms with Gasteiger partial charge in [0.05, 0.1) is 11.5 Å². The number of hydrogen-bond donors (Lipinski definition) is 0. The van der Waals surface area contributed by atoms with Crippen LogP contribution in [0.25, 0.3) is 0 Å². The summed E-state index contributed by atoms with van der Waals surface area (Å²) in [7, 11) is -0.709. The lowest BCUT2D eigenvalue weighted by Crippen LogP contribution is -2.16. The summed E-state index contributed by atoms with van der Waals surface area (Å²) in [6.07, 6.45) is 5.89. The Morgan fingerprint density at radius 2 is 2.00 bits per heavy atom. The van der Waals surface area contributed by atoms with Gasteiger partial charge in [-0.05, 0) is 39.0 Å². The van der Waals surface area contributed by atoms with Crippen LogP contribution in [0.4, 0.5) is 0 Å². The summed E-state index contributed by atoms with van der Waals surface area (Å²) >= 11 is 0. The average molecular weight is 227 g/mol. The highest BCUT2D eigenvalue weighted by molar-refractivity contribution is 7.84. The standard InChI is InChI=1S/C12H21NOS/c1-12(2,10-13)7-8-15(14)9-11-5-3-4-6-11/h11H,3-9H2,1-2H3. The highest BCUT2D eigenvalue weighted by Gasteiger charge is 2.21. The minimum Gasteiger partial charge on any atom is -0.260 e. The van der Waals surface area contributed by atoms with Crippen molar-refractivity contribution in [2.24, 2.45) is 11.3 Å². The van der Waals surface area contributed by atoms with E-state index >= 15 is 0 Å². The molecule has 0 aliphatic heterocycles. The number of hydrogen-bond acceptors (Lipinski definition) is 2. The molecule has 1 saturated carbocycles. The molecule has 1 aliphatic rings. The minimum absolute atomic E-state index is 0.314. The quantitative estimate of drug-likeness (QED) is 0.724. The molecule has 1 aliphatic carbocycles. The molecular weight excluding hydrogens is 206 g/mol. The average Bonchev–Trinajstić information content (AvgIpc) is 2.68. The van der Waals surface area contributed by atoms with Crippen LogP contribution in [0.2, 0.25) is 0 Å². The summed E-state index contributed by atoms with van der Waals surface area (Å²) in [5.41, 5.74) is -0.314. The zero-order valence-electron chi connectivity index (χ0n) is 9.79. The maximum atomic E-state index is 11.8. The van der Waals surface area contributed by atoms with Crippen molar-refractivity contribution in [1.82, 2.24) is 0 Å². The lowest BCUT2D eigenvalue weighted by molar-refractivity contribution is 0.478. The van der Waals surface area contributed by atoms with Crippen molar-refractivity contribution < 1.29 is 4.21 Å². The third-order valence-electron chi connectivity index (χ3n) is 3.15. The van der Waals surface area contributed by atoms with Gasteiger partial charge in [0.25, 0.3) is 0 Å². The van der Waals surface area contributed by atoms with E-state index in [1.807, 2.05) is 13.8 Å². The number of rotatable bonds is 5. The van der Waals surface area contributed by atoms with Crippen LogP contribution in [0.5, 0.6) is 0 Å². The zero-order valence-corrected chi connectivity index (χ0v) is 10.6. The molecule has 3 heteroatoms. The molecule has 2 nitrogen and oxygen atoms in total. The van der Waals surface area contributed by atoms with Gasteiger partial charge in [0.15, 0.2) is 0 Å². The van der Waals surface area contributed by atoms with Gasteiger partial charge >= 0.3 is 0 Å². The van der Waals surface area contributed by atoms with E-state index in [4.69, 9.17) is 5.26 Å². The van der Waals surface area contributed by atoms with Gasteiger partial charge in [-0.2, -0.15) is 5.26 Å². The molecule has 0 saturated heterocycles. The Labute approximate surface area is 95.5 Å². The lowest BCUT2D eigenvalue weighted by atomic mass is 9.93. The molecular formula is C12H21NOS. The molecule has 86 valence electrons. The van der Waals surface area contributed by atoms with Gasteiger partial charge in [0.2, 0.25) is 0 Å². The van der Waals surface area contributed by atoms with Gasteiger partial charge in [-0.25, -0.2) is 0 Å². The first-order chi connectivity index (χ1) is 7.03. The van der Waals surface area contributed by atoms with E-state index in [0.29, 0.717) is 11.7 Å². The van der Waals surface area contributed by atoms with Crippen LogP contribution < -0.4 is 0 Å². The van der Waals surface area contributed by atoms with Crippen LogP contribution in [0.3, 0.4) is 0 Å². The molecule has 1 unspecified atom stereocenters. The zero-order chi connectivity index (χ0) is 11.3. The normalized spacial score (nSPS) is 20.1. The predicted octanol–water partition coefficient (Wildman–Crippen LogP) is 2.87. The maximum Gasteiger partial charge on any atom is 0.0684 e. The predicted molar refractivity (Wildman–Crippen MR) is 63.8 cm³/mol. The smallest absolute Gasteiger partial charge is 0.0684 e. The molecule has 0 aromatic rings. The Balaban J connectivity index is 2.22. The van der Waals surface area contributed by atoms with Crippen LogP contribution in [-0.2, 0) is 10.8 Å². The second kappa shape index (κ2) is 5.65. The first kappa shape index (κ1) is 12.7. The monoisotopic (exact) mass is 227 g/mol. The van der Waals surface area contributed by atoms with Gasteiger partial charge in [-0.15, -0.1) is 0 Å². The van der Waals surface area contributed by atoms with Crippen LogP contribution >= 0.6 is 0 Å². The molecule has 0 aromatic heterocycles. The van der Waals surface area contributed by atoms with Crippen molar-refractivity contribution in [2.45, 2.75) is 46.0 Å². The van der Waals surface area contributed by atoms with Gasteiger partial charge < -0.3 is 0 Å². The topological polar surface area (TPSA) is 40.9 Å². The van der Waals surface area contributed by atoms with E-state index in [1.165, 1.54) is 25.7 Å². The van der Waals surface area contributed by atoms with Crippen LogP contribution in [0.15, 0.2) is 0 Å². The Morgan fingerprint density at radius 1 is 1.40 bits per heavy atom. The highest BCUT2D eigenvalue weighted by atomic mass is 32.2. The van der Waals surface area contributed by atoms with Gasteiger partial charge in [-0.3, -0.25) is 4.21 Å². The molecule has 0 bridgehead atoms. The molecule has 1 atom stereocenters. The van der Waals surface area contributed by atoms with Crippen molar-refractivity contribution in [3.05, 3.63) is 0 Å². The Hall–Kier alpha value is -0.360. The summed E-state index contributed by atoms with van der Waals surface area (Å²) in [5, 5.41) is 8.84. The summed E-state index contributed by atoms with van der Waals surface area (Å²) in [4.78, 5) is 0. The molecule has 0 amide bonds.